The number of ether oxygens (including phenoxy) is 1. The van der Waals surface area contributed by atoms with Crippen LogP contribution in [0, 0.1) is 0 Å². The van der Waals surface area contributed by atoms with Crippen molar-refractivity contribution in [2.45, 2.75) is 51.5 Å². The summed E-state index contributed by atoms with van der Waals surface area (Å²) < 4.78 is 4.73. The molecule has 0 bridgehead atoms. The molecule has 1 amide bonds. The van der Waals surface area contributed by atoms with Crippen molar-refractivity contribution in [3.8, 4) is 0 Å². The van der Waals surface area contributed by atoms with Gasteiger partial charge in [-0.25, -0.2) is 5.43 Å². The number of hydrogen-bond acceptors (Lipinski definition) is 5. The number of carbonyl (C=O) groups is 3. The molecule has 24 heavy (non-hydrogen) atoms. The molecule has 0 heterocycles. The summed E-state index contributed by atoms with van der Waals surface area (Å²) in [6.07, 6.45) is 4.32. The number of hydrogen-bond donors (Lipinski definition) is 2. The molecule has 1 rings (SSSR count). The monoisotopic (exact) mass is 334 g/mol. The van der Waals surface area contributed by atoms with E-state index in [2.05, 4.69) is 17.8 Å². The van der Waals surface area contributed by atoms with Gasteiger partial charge in [-0.05, 0) is 12.0 Å². The van der Waals surface area contributed by atoms with Gasteiger partial charge in [0.05, 0.1) is 7.11 Å². The molecule has 0 saturated carbocycles. The maximum Gasteiger partial charge on any atom is 0.325 e. The second-order valence-corrected chi connectivity index (χ2v) is 5.60. The van der Waals surface area contributed by atoms with E-state index in [1.165, 1.54) is 7.11 Å². The van der Waals surface area contributed by atoms with Crippen LogP contribution in [0.1, 0.15) is 44.6 Å². The van der Waals surface area contributed by atoms with Crippen LogP contribution in [0.3, 0.4) is 0 Å². The van der Waals surface area contributed by atoms with E-state index in [9.17, 15) is 14.4 Å². The maximum atomic E-state index is 11.8. The van der Waals surface area contributed by atoms with E-state index in [4.69, 9.17) is 4.74 Å². The summed E-state index contributed by atoms with van der Waals surface area (Å²) in [5.41, 5.74) is 5.84. The summed E-state index contributed by atoms with van der Waals surface area (Å²) >= 11 is 0. The van der Waals surface area contributed by atoms with E-state index < -0.39 is 23.7 Å². The Labute approximate surface area is 142 Å². The molecule has 6 nitrogen and oxygen atoms in total. The third-order valence-corrected chi connectivity index (χ3v) is 3.64. The van der Waals surface area contributed by atoms with Gasteiger partial charge in [0.25, 0.3) is 0 Å². The van der Waals surface area contributed by atoms with Gasteiger partial charge in [-0.1, -0.05) is 56.5 Å². The Kier molecular flexibility index (Phi) is 9.38. The second-order valence-electron chi connectivity index (χ2n) is 5.60. The predicted octanol–water partition coefficient (Wildman–Crippen LogP) is 1.93. The number of ketones is 1. The maximum absolute atomic E-state index is 11.8. The smallest absolute Gasteiger partial charge is 0.325 e. The molecule has 0 aliphatic rings. The SMILES string of the molecule is CCCCCCC(=O)C(=O)NN[C@@H](Cc1ccccc1)C(=O)OC. The van der Waals surface area contributed by atoms with Gasteiger partial charge in [0, 0.05) is 12.8 Å². The number of amides is 1. The fourth-order valence-corrected chi connectivity index (χ4v) is 2.23. The molecule has 2 N–H and O–H groups in total. The summed E-state index contributed by atoms with van der Waals surface area (Å²) in [6.45, 7) is 2.08. The van der Waals surface area contributed by atoms with Crippen molar-refractivity contribution in [2.24, 2.45) is 0 Å². The third-order valence-electron chi connectivity index (χ3n) is 3.64. The Bertz CT molecular complexity index is 531. The van der Waals surface area contributed by atoms with Crippen LogP contribution in [0.4, 0.5) is 0 Å². The molecule has 0 unspecified atom stereocenters. The highest BCUT2D eigenvalue weighted by Gasteiger charge is 2.21. The highest BCUT2D eigenvalue weighted by Crippen LogP contribution is 2.05. The molecule has 6 heteroatoms. The van der Waals surface area contributed by atoms with Crippen LogP contribution in [0.25, 0.3) is 0 Å². The highest BCUT2D eigenvalue weighted by atomic mass is 16.5. The molecule has 1 aromatic rings. The van der Waals surface area contributed by atoms with E-state index in [0.29, 0.717) is 12.8 Å². The van der Waals surface area contributed by atoms with E-state index in [1.54, 1.807) is 0 Å². The number of hydrazine groups is 1. The number of rotatable bonds is 11. The molecule has 1 atom stereocenters. The van der Waals surface area contributed by atoms with Crippen molar-refractivity contribution in [1.82, 2.24) is 10.9 Å². The first-order valence-electron chi connectivity index (χ1n) is 8.29. The summed E-state index contributed by atoms with van der Waals surface area (Å²) in [5.74, 6) is -1.72. The van der Waals surface area contributed by atoms with Crippen molar-refractivity contribution in [3.05, 3.63) is 35.9 Å². The lowest BCUT2D eigenvalue weighted by atomic mass is 10.1. The lowest BCUT2D eigenvalue weighted by Crippen LogP contribution is -2.51. The Hall–Kier alpha value is -2.21. The van der Waals surface area contributed by atoms with Crippen LogP contribution in [0.5, 0.6) is 0 Å². The molecule has 132 valence electrons. The first-order chi connectivity index (χ1) is 11.6. The van der Waals surface area contributed by atoms with Crippen LogP contribution in [0.2, 0.25) is 0 Å². The van der Waals surface area contributed by atoms with Gasteiger partial charge in [0.15, 0.2) is 0 Å². The first kappa shape index (κ1) is 19.8. The van der Waals surface area contributed by atoms with Crippen LogP contribution in [-0.2, 0) is 25.5 Å². The van der Waals surface area contributed by atoms with Crippen molar-refractivity contribution < 1.29 is 19.1 Å². The number of Topliss-reactive ketones (excluding diaryl/α,β-unsaturated/α-hetero) is 1. The Morgan fingerprint density at radius 2 is 1.79 bits per heavy atom. The topological polar surface area (TPSA) is 84.5 Å². The van der Waals surface area contributed by atoms with E-state index in [-0.39, 0.29) is 6.42 Å². The zero-order valence-corrected chi connectivity index (χ0v) is 14.3. The van der Waals surface area contributed by atoms with Gasteiger partial charge in [-0.2, -0.15) is 0 Å². The summed E-state index contributed by atoms with van der Waals surface area (Å²) in [4.78, 5) is 35.4. The van der Waals surface area contributed by atoms with Gasteiger partial charge in [0.2, 0.25) is 5.78 Å². The second kappa shape index (κ2) is 11.3. The van der Waals surface area contributed by atoms with E-state index >= 15 is 0 Å². The molecular weight excluding hydrogens is 308 g/mol. The normalized spacial score (nSPS) is 11.6. The molecular formula is C18H26N2O4. The van der Waals surface area contributed by atoms with E-state index in [0.717, 1.165) is 24.8 Å². The number of unbranched alkanes of at least 4 members (excludes halogenated alkanes) is 3. The summed E-state index contributed by atoms with van der Waals surface area (Å²) in [7, 11) is 1.28. The lowest BCUT2D eigenvalue weighted by Gasteiger charge is -2.17. The highest BCUT2D eigenvalue weighted by molar-refractivity contribution is 6.36. The van der Waals surface area contributed by atoms with Crippen molar-refractivity contribution in [1.29, 1.82) is 0 Å². The Balaban J connectivity index is 2.47. The minimum atomic E-state index is -0.755. The lowest BCUT2D eigenvalue weighted by molar-refractivity contribution is -0.144. The fourth-order valence-electron chi connectivity index (χ4n) is 2.23. The van der Waals surface area contributed by atoms with Crippen LogP contribution in [-0.4, -0.2) is 30.8 Å². The predicted molar refractivity (Wildman–Crippen MR) is 91.0 cm³/mol. The largest absolute Gasteiger partial charge is 0.468 e. The molecule has 0 aliphatic heterocycles. The minimum Gasteiger partial charge on any atom is -0.468 e. The zero-order valence-electron chi connectivity index (χ0n) is 14.3. The standard InChI is InChI=1S/C18H26N2O4/c1-3-4-5-9-12-16(21)17(22)20-19-15(18(23)24-2)13-14-10-7-6-8-11-14/h6-8,10-11,15,19H,3-5,9,12-13H2,1-2H3,(H,20,22)/t15-/m0/s1. The number of benzene rings is 1. The van der Waals surface area contributed by atoms with Crippen molar-refractivity contribution >= 4 is 17.7 Å². The minimum absolute atomic E-state index is 0.217. The summed E-state index contributed by atoms with van der Waals surface area (Å²) in [5, 5.41) is 0. The molecule has 1 aromatic carbocycles. The molecule has 0 fully saturated rings. The van der Waals surface area contributed by atoms with Crippen molar-refractivity contribution in [2.75, 3.05) is 7.11 Å². The van der Waals surface area contributed by atoms with Gasteiger partial charge >= 0.3 is 11.9 Å². The molecule has 0 radical (unpaired) electrons. The van der Waals surface area contributed by atoms with Gasteiger partial charge in [-0.15, -0.1) is 0 Å². The fraction of sp³-hybridized carbons (Fsp3) is 0.500. The Morgan fingerprint density at radius 1 is 1.08 bits per heavy atom. The third kappa shape index (κ3) is 7.37. The quantitative estimate of drug-likeness (QED) is 0.280. The van der Waals surface area contributed by atoms with E-state index in [1.807, 2.05) is 30.3 Å². The number of esters is 1. The number of carbonyl (C=O) groups excluding carboxylic acids is 3. The number of nitrogens with one attached hydrogen (secondary N) is 2. The van der Waals surface area contributed by atoms with Crippen LogP contribution in [0.15, 0.2) is 30.3 Å². The average molecular weight is 334 g/mol. The average Bonchev–Trinajstić information content (AvgIpc) is 2.61. The molecule has 0 spiro atoms. The number of methoxy groups -OCH3 is 1. The van der Waals surface area contributed by atoms with Gasteiger partial charge in [0.1, 0.15) is 6.04 Å². The molecule has 0 saturated heterocycles. The van der Waals surface area contributed by atoms with Crippen LogP contribution < -0.4 is 10.9 Å². The van der Waals surface area contributed by atoms with Crippen LogP contribution >= 0.6 is 0 Å². The Morgan fingerprint density at radius 3 is 2.42 bits per heavy atom. The van der Waals surface area contributed by atoms with Gasteiger partial charge < -0.3 is 4.74 Å². The molecule has 0 aliphatic carbocycles. The van der Waals surface area contributed by atoms with Crippen molar-refractivity contribution in [3.63, 3.8) is 0 Å². The molecule has 0 aromatic heterocycles. The first-order valence-corrected chi connectivity index (χ1v) is 8.29. The summed E-state index contributed by atoms with van der Waals surface area (Å²) in [6, 6.07) is 8.60. The van der Waals surface area contributed by atoms with Gasteiger partial charge in [-0.3, -0.25) is 19.8 Å². The zero-order chi connectivity index (χ0) is 17.8.